The summed E-state index contributed by atoms with van der Waals surface area (Å²) in [7, 11) is 5.68. The van der Waals surface area contributed by atoms with E-state index in [2.05, 4.69) is 16.8 Å². The van der Waals surface area contributed by atoms with Gasteiger partial charge in [0.2, 0.25) is 11.8 Å². The molecule has 2 heterocycles. The quantitative estimate of drug-likeness (QED) is 0.805. The van der Waals surface area contributed by atoms with Crippen LogP contribution in [0.4, 0.5) is 0 Å². The molecule has 3 rings (SSSR count). The molecule has 0 aliphatic carbocycles. The Morgan fingerprint density at radius 1 is 1.08 bits per heavy atom. The standard InChI is InChI=1S/C19H28N4O2/c1-20-11-13-23(14-12-20)17(15-7-5-4-6-8-15)19(25)22(3)16-9-10-21(2)18(16)24/h4-8,16-17H,9-14H2,1-3H3/t16-,17-/m1/s1. The van der Waals surface area contributed by atoms with Gasteiger partial charge in [0, 0.05) is 46.8 Å². The minimum Gasteiger partial charge on any atom is -0.344 e. The maximum Gasteiger partial charge on any atom is 0.245 e. The molecule has 2 aliphatic heterocycles. The second-order valence-corrected chi connectivity index (χ2v) is 7.17. The maximum absolute atomic E-state index is 13.4. The molecule has 2 fully saturated rings. The third-order valence-corrected chi connectivity index (χ3v) is 5.47. The van der Waals surface area contributed by atoms with Crippen LogP contribution in [0.1, 0.15) is 18.0 Å². The number of carbonyl (C=O) groups is 2. The van der Waals surface area contributed by atoms with E-state index in [1.54, 1.807) is 23.9 Å². The summed E-state index contributed by atoms with van der Waals surface area (Å²) >= 11 is 0. The third kappa shape index (κ3) is 3.70. The van der Waals surface area contributed by atoms with Gasteiger partial charge < -0.3 is 14.7 Å². The van der Waals surface area contributed by atoms with Crippen molar-refractivity contribution in [3.05, 3.63) is 35.9 Å². The molecule has 0 bridgehead atoms. The van der Waals surface area contributed by atoms with Crippen LogP contribution < -0.4 is 0 Å². The number of rotatable bonds is 4. The molecule has 0 N–H and O–H groups in total. The molecule has 0 radical (unpaired) electrons. The van der Waals surface area contributed by atoms with Gasteiger partial charge in [0.05, 0.1) is 0 Å². The van der Waals surface area contributed by atoms with Crippen molar-refractivity contribution >= 4 is 11.8 Å². The van der Waals surface area contributed by atoms with E-state index >= 15 is 0 Å². The fraction of sp³-hybridized carbons (Fsp3) is 0.579. The monoisotopic (exact) mass is 344 g/mol. The molecule has 0 saturated carbocycles. The van der Waals surface area contributed by atoms with Crippen LogP contribution in [0.25, 0.3) is 0 Å². The number of hydrogen-bond donors (Lipinski definition) is 0. The molecule has 6 nitrogen and oxygen atoms in total. The lowest BCUT2D eigenvalue weighted by molar-refractivity contribution is -0.144. The summed E-state index contributed by atoms with van der Waals surface area (Å²) in [5.74, 6) is 0.0606. The largest absolute Gasteiger partial charge is 0.344 e. The summed E-state index contributed by atoms with van der Waals surface area (Å²) in [6, 6.07) is 9.28. The second kappa shape index (κ2) is 7.54. The summed E-state index contributed by atoms with van der Waals surface area (Å²) in [6.45, 7) is 4.32. The predicted molar refractivity (Wildman–Crippen MR) is 97.1 cm³/mol. The third-order valence-electron chi connectivity index (χ3n) is 5.47. The molecule has 1 aromatic rings. The number of amides is 2. The van der Waals surface area contributed by atoms with E-state index in [-0.39, 0.29) is 23.9 Å². The lowest BCUT2D eigenvalue weighted by atomic mass is 10.0. The lowest BCUT2D eigenvalue weighted by Crippen LogP contribution is -2.52. The summed E-state index contributed by atoms with van der Waals surface area (Å²) < 4.78 is 0. The van der Waals surface area contributed by atoms with Crippen molar-refractivity contribution in [2.45, 2.75) is 18.5 Å². The van der Waals surface area contributed by atoms with Gasteiger partial charge in [-0.2, -0.15) is 0 Å². The average Bonchev–Trinajstić information content (AvgIpc) is 2.96. The highest BCUT2D eigenvalue weighted by atomic mass is 16.2. The van der Waals surface area contributed by atoms with Gasteiger partial charge >= 0.3 is 0 Å². The number of nitrogens with zero attached hydrogens (tertiary/aromatic N) is 4. The van der Waals surface area contributed by atoms with E-state index in [1.807, 2.05) is 30.3 Å². The molecule has 2 aliphatic rings. The zero-order valence-electron chi connectivity index (χ0n) is 15.4. The van der Waals surface area contributed by atoms with E-state index in [4.69, 9.17) is 0 Å². The van der Waals surface area contributed by atoms with Crippen LogP contribution in [0, 0.1) is 0 Å². The van der Waals surface area contributed by atoms with Crippen molar-refractivity contribution in [2.75, 3.05) is 53.9 Å². The molecular formula is C19H28N4O2. The number of carbonyl (C=O) groups excluding carboxylic acids is 2. The highest BCUT2D eigenvalue weighted by Crippen LogP contribution is 2.26. The van der Waals surface area contributed by atoms with Gasteiger partial charge in [-0.25, -0.2) is 0 Å². The Kier molecular flexibility index (Phi) is 5.39. The van der Waals surface area contributed by atoms with Gasteiger partial charge in [0.15, 0.2) is 0 Å². The van der Waals surface area contributed by atoms with Crippen LogP contribution in [0.15, 0.2) is 30.3 Å². The fourth-order valence-corrected chi connectivity index (χ4v) is 3.73. The zero-order chi connectivity index (χ0) is 18.0. The van der Waals surface area contributed by atoms with E-state index in [1.165, 1.54) is 0 Å². The van der Waals surface area contributed by atoms with Gasteiger partial charge in [0.25, 0.3) is 0 Å². The molecule has 2 atom stereocenters. The lowest BCUT2D eigenvalue weighted by Gasteiger charge is -2.39. The number of benzene rings is 1. The number of hydrogen-bond acceptors (Lipinski definition) is 4. The minimum absolute atomic E-state index is 0.0180. The Bertz CT molecular complexity index is 613. The van der Waals surface area contributed by atoms with E-state index in [9.17, 15) is 9.59 Å². The Labute approximate surface area is 150 Å². The molecule has 2 amide bonds. The van der Waals surface area contributed by atoms with Crippen molar-refractivity contribution in [1.29, 1.82) is 0 Å². The first-order valence-corrected chi connectivity index (χ1v) is 8.98. The van der Waals surface area contributed by atoms with Crippen molar-refractivity contribution < 1.29 is 9.59 Å². The summed E-state index contributed by atoms with van der Waals surface area (Å²) in [5, 5.41) is 0. The topological polar surface area (TPSA) is 47.1 Å². The molecular weight excluding hydrogens is 316 g/mol. The zero-order valence-corrected chi connectivity index (χ0v) is 15.4. The van der Waals surface area contributed by atoms with Crippen molar-refractivity contribution in [1.82, 2.24) is 19.6 Å². The van der Waals surface area contributed by atoms with Crippen LogP contribution in [-0.2, 0) is 9.59 Å². The van der Waals surface area contributed by atoms with Crippen LogP contribution in [-0.4, -0.2) is 91.3 Å². The van der Waals surface area contributed by atoms with Gasteiger partial charge in [0.1, 0.15) is 12.1 Å². The smallest absolute Gasteiger partial charge is 0.245 e. The van der Waals surface area contributed by atoms with E-state index < -0.39 is 0 Å². The summed E-state index contributed by atoms with van der Waals surface area (Å²) in [4.78, 5) is 33.6. The molecule has 1 aromatic carbocycles. The van der Waals surface area contributed by atoms with Crippen LogP contribution >= 0.6 is 0 Å². The van der Waals surface area contributed by atoms with E-state index in [0.29, 0.717) is 13.0 Å². The first-order chi connectivity index (χ1) is 12.0. The molecule has 136 valence electrons. The number of likely N-dealkylation sites (tertiary alicyclic amines) is 1. The number of likely N-dealkylation sites (N-methyl/N-ethyl adjacent to an activating group) is 3. The fourth-order valence-electron chi connectivity index (χ4n) is 3.73. The summed E-state index contributed by atoms with van der Waals surface area (Å²) in [6.07, 6.45) is 0.710. The Balaban J connectivity index is 1.83. The molecule has 0 aromatic heterocycles. The normalized spacial score (nSPS) is 23.7. The van der Waals surface area contributed by atoms with Crippen LogP contribution in [0.5, 0.6) is 0 Å². The highest BCUT2D eigenvalue weighted by Gasteiger charge is 2.39. The SMILES string of the molecule is CN1CCN([C@@H](C(=O)N(C)[C@@H]2CCN(C)C2=O)c2ccccc2)CC1. The second-order valence-electron chi connectivity index (χ2n) is 7.17. The minimum atomic E-state index is -0.337. The maximum atomic E-state index is 13.4. The van der Waals surface area contributed by atoms with Crippen LogP contribution in [0.3, 0.4) is 0 Å². The van der Waals surface area contributed by atoms with Crippen molar-refractivity contribution in [3.63, 3.8) is 0 Å². The summed E-state index contributed by atoms with van der Waals surface area (Å²) in [5.41, 5.74) is 1.00. The average molecular weight is 344 g/mol. The van der Waals surface area contributed by atoms with Gasteiger partial charge in [-0.15, -0.1) is 0 Å². The van der Waals surface area contributed by atoms with Crippen molar-refractivity contribution in [3.8, 4) is 0 Å². The predicted octanol–water partition coefficient (Wildman–Crippen LogP) is 0.664. The van der Waals surface area contributed by atoms with Gasteiger partial charge in [-0.3, -0.25) is 14.5 Å². The van der Waals surface area contributed by atoms with Gasteiger partial charge in [-0.05, 0) is 19.0 Å². The molecule has 2 saturated heterocycles. The molecule has 25 heavy (non-hydrogen) atoms. The Hall–Kier alpha value is -1.92. The highest BCUT2D eigenvalue weighted by molar-refractivity contribution is 5.91. The van der Waals surface area contributed by atoms with E-state index in [0.717, 1.165) is 31.7 Å². The van der Waals surface area contributed by atoms with Gasteiger partial charge in [-0.1, -0.05) is 30.3 Å². The first-order valence-electron chi connectivity index (χ1n) is 8.98. The van der Waals surface area contributed by atoms with Crippen molar-refractivity contribution in [2.24, 2.45) is 0 Å². The molecule has 0 unspecified atom stereocenters. The number of piperazine rings is 1. The molecule has 6 heteroatoms. The van der Waals surface area contributed by atoms with Crippen LogP contribution in [0.2, 0.25) is 0 Å². The Morgan fingerprint density at radius 3 is 2.28 bits per heavy atom. The Morgan fingerprint density at radius 2 is 1.72 bits per heavy atom. The first kappa shape index (κ1) is 17.9. The molecule has 0 spiro atoms.